The zero-order valence-corrected chi connectivity index (χ0v) is 8.61. The first-order chi connectivity index (χ1) is 7.27. The second-order valence-corrected chi connectivity index (χ2v) is 3.86. The molecule has 1 amide bonds. The molecule has 1 aliphatic rings. The molecule has 1 fully saturated rings. The first kappa shape index (κ1) is 10.2. The molecule has 2 N–H and O–H groups in total. The molecular weight excluding hydrogens is 190 g/mol. The maximum atomic E-state index is 11.2. The highest BCUT2D eigenvalue weighted by Crippen LogP contribution is 2.19. The van der Waals surface area contributed by atoms with Crippen LogP contribution in [0.5, 0.6) is 0 Å². The first-order valence-electron chi connectivity index (χ1n) is 5.26. The molecule has 1 aromatic carbocycles. The molecule has 3 nitrogen and oxygen atoms in total. The number of nitrogens with two attached hydrogens (primary N) is 1. The van der Waals surface area contributed by atoms with Crippen molar-refractivity contribution in [3.05, 3.63) is 35.4 Å². The van der Waals surface area contributed by atoms with E-state index in [1.807, 2.05) is 18.2 Å². The van der Waals surface area contributed by atoms with Gasteiger partial charge in [0.2, 0.25) is 5.91 Å². The van der Waals surface area contributed by atoms with Crippen LogP contribution in [0, 0.1) is 0 Å². The monoisotopic (exact) mass is 205 g/mol. The maximum Gasteiger partial charge on any atom is 0.248 e. The molecule has 1 aromatic rings. The lowest BCUT2D eigenvalue weighted by atomic mass is 10.00. The van der Waals surface area contributed by atoms with Gasteiger partial charge >= 0.3 is 0 Å². The van der Waals surface area contributed by atoms with Crippen LogP contribution in [0.4, 0.5) is 0 Å². The molecule has 0 aliphatic carbocycles. The van der Waals surface area contributed by atoms with E-state index >= 15 is 0 Å². The minimum absolute atomic E-state index is 0.255. The Kier molecular flexibility index (Phi) is 3.02. The van der Waals surface area contributed by atoms with E-state index in [2.05, 4.69) is 0 Å². The predicted octanol–water partition coefficient (Wildman–Crippen LogP) is 1.51. The Hall–Kier alpha value is -1.35. The molecule has 0 spiro atoms. The summed E-state index contributed by atoms with van der Waals surface area (Å²) in [6.07, 6.45) is 3.24. The van der Waals surface area contributed by atoms with Gasteiger partial charge in [0.15, 0.2) is 0 Å². The quantitative estimate of drug-likeness (QED) is 0.813. The summed E-state index contributed by atoms with van der Waals surface area (Å²) in [5.74, 6) is -0.358. The van der Waals surface area contributed by atoms with Crippen molar-refractivity contribution in [3.63, 3.8) is 0 Å². The van der Waals surface area contributed by atoms with Crippen molar-refractivity contribution in [2.75, 3.05) is 6.61 Å². The van der Waals surface area contributed by atoms with Gasteiger partial charge in [-0.2, -0.15) is 0 Å². The normalized spacial score (nSPS) is 20.4. The number of ether oxygens (including phenoxy) is 1. The second kappa shape index (κ2) is 4.45. The lowest BCUT2D eigenvalue weighted by molar-refractivity contribution is 0.0993. The summed E-state index contributed by atoms with van der Waals surface area (Å²) in [6, 6.07) is 7.48. The molecule has 1 aliphatic heterocycles. The Bertz CT molecular complexity index is 356. The van der Waals surface area contributed by atoms with Gasteiger partial charge in [-0.25, -0.2) is 0 Å². The molecular formula is C12H15NO2. The molecule has 0 saturated carbocycles. The summed E-state index contributed by atoms with van der Waals surface area (Å²) < 4.78 is 5.54. The number of hydrogen-bond acceptors (Lipinski definition) is 2. The Balaban J connectivity index is 2.15. The van der Waals surface area contributed by atoms with E-state index in [0.29, 0.717) is 5.56 Å². The molecule has 15 heavy (non-hydrogen) atoms. The number of carbonyl (C=O) groups excluding carboxylic acids is 1. The summed E-state index contributed by atoms with van der Waals surface area (Å²) in [7, 11) is 0. The Morgan fingerprint density at radius 2 is 2.27 bits per heavy atom. The summed E-state index contributed by atoms with van der Waals surface area (Å²) in [5.41, 5.74) is 6.92. The lowest BCUT2D eigenvalue weighted by Gasteiger charge is -2.11. The minimum Gasteiger partial charge on any atom is -0.378 e. The van der Waals surface area contributed by atoms with Crippen LogP contribution in [-0.4, -0.2) is 18.6 Å². The predicted molar refractivity (Wildman–Crippen MR) is 57.6 cm³/mol. The summed E-state index contributed by atoms with van der Waals surface area (Å²) >= 11 is 0. The van der Waals surface area contributed by atoms with E-state index in [0.717, 1.165) is 31.4 Å². The Morgan fingerprint density at radius 3 is 2.93 bits per heavy atom. The van der Waals surface area contributed by atoms with Crippen LogP contribution >= 0.6 is 0 Å². The third kappa shape index (κ3) is 2.36. The van der Waals surface area contributed by atoms with Crippen LogP contribution in [0.2, 0.25) is 0 Å². The summed E-state index contributed by atoms with van der Waals surface area (Å²) in [6.45, 7) is 0.837. The summed E-state index contributed by atoms with van der Waals surface area (Å²) in [4.78, 5) is 11.2. The van der Waals surface area contributed by atoms with Gasteiger partial charge in [-0.1, -0.05) is 18.2 Å². The number of hydrogen-bond donors (Lipinski definition) is 1. The van der Waals surface area contributed by atoms with Crippen LogP contribution in [0.3, 0.4) is 0 Å². The molecule has 3 heteroatoms. The zero-order chi connectivity index (χ0) is 10.7. The molecule has 0 unspecified atom stereocenters. The van der Waals surface area contributed by atoms with Crippen LogP contribution in [0.15, 0.2) is 24.3 Å². The third-order valence-electron chi connectivity index (χ3n) is 2.75. The van der Waals surface area contributed by atoms with Gasteiger partial charge in [-0.05, 0) is 30.9 Å². The maximum absolute atomic E-state index is 11.2. The molecule has 0 aromatic heterocycles. The van der Waals surface area contributed by atoms with E-state index in [-0.39, 0.29) is 12.0 Å². The average Bonchev–Trinajstić information content (AvgIpc) is 2.71. The van der Waals surface area contributed by atoms with Crippen LogP contribution in [0.1, 0.15) is 28.8 Å². The summed E-state index contributed by atoms with van der Waals surface area (Å²) in [5, 5.41) is 0. The number of primary amides is 1. The average molecular weight is 205 g/mol. The fraction of sp³-hybridized carbons (Fsp3) is 0.417. The number of amides is 1. The highest BCUT2D eigenvalue weighted by atomic mass is 16.5. The smallest absolute Gasteiger partial charge is 0.248 e. The van der Waals surface area contributed by atoms with Crippen molar-refractivity contribution in [1.82, 2.24) is 0 Å². The van der Waals surface area contributed by atoms with E-state index in [1.54, 1.807) is 6.07 Å². The van der Waals surface area contributed by atoms with Crippen molar-refractivity contribution in [1.29, 1.82) is 0 Å². The largest absolute Gasteiger partial charge is 0.378 e. The van der Waals surface area contributed by atoms with Crippen molar-refractivity contribution in [2.45, 2.75) is 25.4 Å². The van der Waals surface area contributed by atoms with Crippen LogP contribution in [-0.2, 0) is 11.2 Å². The van der Waals surface area contributed by atoms with Crippen LogP contribution in [0.25, 0.3) is 0 Å². The molecule has 2 rings (SSSR count). The van der Waals surface area contributed by atoms with Gasteiger partial charge in [0.05, 0.1) is 6.10 Å². The second-order valence-electron chi connectivity index (χ2n) is 3.86. The Morgan fingerprint density at radius 1 is 1.47 bits per heavy atom. The lowest BCUT2D eigenvalue weighted by Crippen LogP contribution is -2.17. The van der Waals surface area contributed by atoms with Crippen LogP contribution < -0.4 is 5.73 Å². The number of benzene rings is 1. The van der Waals surface area contributed by atoms with E-state index in [4.69, 9.17) is 10.5 Å². The van der Waals surface area contributed by atoms with E-state index in [9.17, 15) is 4.79 Å². The van der Waals surface area contributed by atoms with Crippen molar-refractivity contribution in [3.8, 4) is 0 Å². The van der Waals surface area contributed by atoms with Crippen molar-refractivity contribution < 1.29 is 9.53 Å². The highest BCUT2D eigenvalue weighted by Gasteiger charge is 2.18. The molecule has 1 saturated heterocycles. The SMILES string of the molecule is NC(=O)c1ccccc1C[C@@H]1CCCO1. The van der Waals surface area contributed by atoms with Crippen molar-refractivity contribution >= 4 is 5.91 Å². The third-order valence-corrected chi connectivity index (χ3v) is 2.75. The van der Waals surface area contributed by atoms with Gasteiger partial charge in [0, 0.05) is 12.2 Å². The first-order valence-corrected chi connectivity index (χ1v) is 5.26. The standard InChI is InChI=1S/C12H15NO2/c13-12(14)11-6-2-1-4-9(11)8-10-5-3-7-15-10/h1-2,4,6,10H,3,5,7-8H2,(H2,13,14)/t10-/m0/s1. The van der Waals surface area contributed by atoms with Crippen molar-refractivity contribution in [2.24, 2.45) is 5.73 Å². The van der Waals surface area contributed by atoms with E-state index < -0.39 is 0 Å². The van der Waals surface area contributed by atoms with E-state index in [1.165, 1.54) is 0 Å². The minimum atomic E-state index is -0.358. The fourth-order valence-corrected chi connectivity index (χ4v) is 1.99. The number of rotatable bonds is 3. The van der Waals surface area contributed by atoms with Gasteiger partial charge in [0.25, 0.3) is 0 Å². The zero-order valence-electron chi connectivity index (χ0n) is 8.61. The fourth-order valence-electron chi connectivity index (χ4n) is 1.99. The molecule has 80 valence electrons. The molecule has 0 radical (unpaired) electrons. The van der Waals surface area contributed by atoms with Gasteiger partial charge in [-0.15, -0.1) is 0 Å². The highest BCUT2D eigenvalue weighted by molar-refractivity contribution is 5.94. The molecule has 0 bridgehead atoms. The molecule has 1 atom stereocenters. The van der Waals surface area contributed by atoms with Gasteiger partial charge in [0.1, 0.15) is 0 Å². The Labute approximate surface area is 89.2 Å². The van der Waals surface area contributed by atoms with Gasteiger partial charge < -0.3 is 10.5 Å². The topological polar surface area (TPSA) is 52.3 Å². The molecule has 1 heterocycles. The van der Waals surface area contributed by atoms with Gasteiger partial charge in [-0.3, -0.25) is 4.79 Å². The number of carbonyl (C=O) groups is 1.